The molecule has 8 nitrogen and oxygen atoms in total. The summed E-state index contributed by atoms with van der Waals surface area (Å²) in [6.45, 7) is 1.98. The molecule has 0 aromatic carbocycles. The van der Waals surface area contributed by atoms with Crippen LogP contribution >= 0.6 is 0 Å². The van der Waals surface area contributed by atoms with Gasteiger partial charge in [-0.2, -0.15) is 18.2 Å². The fraction of sp³-hybridized carbons (Fsp3) is 0.783. The molecule has 2 aliphatic carbocycles. The lowest BCUT2D eigenvalue weighted by Gasteiger charge is -2.58. The van der Waals surface area contributed by atoms with E-state index >= 15 is 4.39 Å². The van der Waals surface area contributed by atoms with Crippen LogP contribution in [0.1, 0.15) is 64.1 Å². The molecule has 0 amide bonds. The summed E-state index contributed by atoms with van der Waals surface area (Å²) in [5, 5.41) is 29.1. The molecule has 1 aromatic rings. The van der Waals surface area contributed by atoms with E-state index in [1.54, 1.807) is 20.8 Å². The van der Waals surface area contributed by atoms with Gasteiger partial charge < -0.3 is 24.8 Å². The number of rotatable bonds is 10. The first kappa shape index (κ1) is 26.0. The lowest BCUT2D eigenvalue weighted by atomic mass is 9.54. The van der Waals surface area contributed by atoms with Gasteiger partial charge in [0.15, 0.2) is 11.4 Å². The van der Waals surface area contributed by atoms with Crippen molar-refractivity contribution in [2.24, 2.45) is 16.3 Å². The van der Waals surface area contributed by atoms with Gasteiger partial charge in [-0.1, -0.05) is 12.1 Å². The number of hydrogen-bond acceptors (Lipinski definition) is 8. The van der Waals surface area contributed by atoms with Crippen molar-refractivity contribution >= 4 is 6.21 Å². The third-order valence-corrected chi connectivity index (χ3v) is 7.92. The maximum Gasteiger partial charge on any atom is 0.411 e. The van der Waals surface area contributed by atoms with Gasteiger partial charge in [-0.3, -0.25) is 4.99 Å². The summed E-state index contributed by atoms with van der Waals surface area (Å²) >= 11 is 0. The second-order valence-electron chi connectivity index (χ2n) is 10.1. The van der Waals surface area contributed by atoms with Crippen molar-refractivity contribution in [3.8, 4) is 0 Å². The van der Waals surface area contributed by atoms with Gasteiger partial charge in [0.25, 0.3) is 0 Å². The number of allylic oxidation sites excluding steroid dienone is 1. The third kappa shape index (κ3) is 4.17. The van der Waals surface area contributed by atoms with Gasteiger partial charge in [-0.05, 0) is 51.4 Å². The van der Waals surface area contributed by atoms with Crippen LogP contribution < -0.4 is 5.32 Å². The normalized spacial score (nSPS) is 30.3. The van der Waals surface area contributed by atoms with Crippen molar-refractivity contribution in [2.45, 2.75) is 82.3 Å². The van der Waals surface area contributed by atoms with E-state index in [9.17, 15) is 23.4 Å². The number of aliphatic hydroxyl groups is 2. The second-order valence-corrected chi connectivity index (χ2v) is 10.1. The Morgan fingerprint density at radius 2 is 1.97 bits per heavy atom. The van der Waals surface area contributed by atoms with Crippen LogP contribution in [0.2, 0.25) is 0 Å². The minimum atomic E-state index is -4.76. The Morgan fingerprint density at radius 3 is 2.43 bits per heavy atom. The van der Waals surface area contributed by atoms with Gasteiger partial charge in [-0.15, -0.1) is 0 Å². The maximum absolute atomic E-state index is 16.3. The molecular formula is C23H32F4N4O4. The first-order chi connectivity index (χ1) is 16.4. The Hall–Kier alpha value is -2.05. The van der Waals surface area contributed by atoms with Gasteiger partial charge in [0.1, 0.15) is 23.4 Å². The Morgan fingerprint density at radius 1 is 1.29 bits per heavy atom. The topological polar surface area (TPSA) is 113 Å². The molecule has 4 rings (SSSR count). The summed E-state index contributed by atoms with van der Waals surface area (Å²) in [5.41, 5.74) is -7.32. The number of aromatic nitrogens is 2. The molecule has 3 unspecified atom stereocenters. The van der Waals surface area contributed by atoms with Crippen molar-refractivity contribution < 1.29 is 37.0 Å². The Balaban J connectivity index is 1.82. The Labute approximate surface area is 200 Å². The van der Waals surface area contributed by atoms with Crippen molar-refractivity contribution in [1.29, 1.82) is 0 Å². The van der Waals surface area contributed by atoms with Crippen LogP contribution in [-0.2, 0) is 10.3 Å². The van der Waals surface area contributed by atoms with Crippen LogP contribution in [-0.4, -0.2) is 63.8 Å². The number of halogens is 4. The van der Waals surface area contributed by atoms with Gasteiger partial charge in [0, 0.05) is 19.7 Å². The summed E-state index contributed by atoms with van der Waals surface area (Å²) < 4.78 is 67.2. The highest BCUT2D eigenvalue weighted by molar-refractivity contribution is 5.75. The molecule has 35 heavy (non-hydrogen) atoms. The predicted octanol–water partition coefficient (Wildman–Crippen LogP) is 4.05. The first-order valence-corrected chi connectivity index (χ1v) is 11.9. The molecule has 1 aromatic heterocycles. The summed E-state index contributed by atoms with van der Waals surface area (Å²) in [6.07, 6.45) is -1.33. The number of alkyl halides is 4. The number of nitrogens with zero attached hydrogens (tertiary/aromatic N) is 3. The second kappa shape index (κ2) is 8.81. The number of hydrogen-bond donors (Lipinski definition) is 3. The van der Waals surface area contributed by atoms with E-state index in [4.69, 9.17) is 9.26 Å². The van der Waals surface area contributed by atoms with Gasteiger partial charge >= 0.3 is 6.18 Å². The van der Waals surface area contributed by atoms with Gasteiger partial charge in [-0.25, -0.2) is 4.39 Å². The van der Waals surface area contributed by atoms with Crippen LogP contribution in [0, 0.1) is 18.3 Å². The van der Waals surface area contributed by atoms with Crippen LogP contribution in [0.4, 0.5) is 17.6 Å². The Bertz CT molecular complexity index is 1000. The maximum atomic E-state index is 16.3. The largest absolute Gasteiger partial charge is 0.507 e. The molecule has 1 aliphatic heterocycles. The number of nitrogens with one attached hydrogen (secondary N) is 1. The zero-order chi connectivity index (χ0) is 25.7. The SMILES string of the molecule is CCC1=C(O)C(CNC(C)(c2noc(C)n2)C2CC2)(OCC(F)(F)F)C(CO)(C2(F)CCC2)C=N1. The molecular weight excluding hydrogens is 472 g/mol. The van der Waals surface area contributed by atoms with Crippen molar-refractivity contribution in [2.75, 3.05) is 19.8 Å². The molecule has 2 saturated carbocycles. The van der Waals surface area contributed by atoms with E-state index in [1.807, 2.05) is 0 Å². The zero-order valence-corrected chi connectivity index (χ0v) is 20.1. The summed E-state index contributed by atoms with van der Waals surface area (Å²) in [6, 6.07) is 0. The standard InChI is InChI=1S/C23H32F4N4O4/c1-4-16-17(33)22(34-13-23(25,26)27,20(12-32,10-28-16)21(24)8-5-9-21)11-29-19(3,15-6-7-15)18-30-14(2)35-31-18/h10,15,29,32-33H,4-9,11-13H2,1-3H3. The molecule has 3 N–H and O–H groups in total. The van der Waals surface area contributed by atoms with Crippen LogP contribution in [0.25, 0.3) is 0 Å². The zero-order valence-electron chi connectivity index (χ0n) is 20.1. The van der Waals surface area contributed by atoms with Gasteiger partial charge in [0.2, 0.25) is 5.89 Å². The molecule has 0 bridgehead atoms. The fourth-order valence-corrected chi connectivity index (χ4v) is 5.36. The summed E-state index contributed by atoms with van der Waals surface area (Å²) in [5.74, 6) is 0.0548. The molecule has 2 fully saturated rings. The average molecular weight is 505 g/mol. The molecule has 196 valence electrons. The van der Waals surface area contributed by atoms with E-state index in [2.05, 4.69) is 20.4 Å². The fourth-order valence-electron chi connectivity index (χ4n) is 5.36. The molecule has 0 saturated heterocycles. The smallest absolute Gasteiger partial charge is 0.411 e. The molecule has 3 atom stereocenters. The van der Waals surface area contributed by atoms with Crippen molar-refractivity contribution in [3.05, 3.63) is 23.2 Å². The number of aryl methyl sites for hydroxylation is 1. The third-order valence-electron chi connectivity index (χ3n) is 7.92. The number of ether oxygens (including phenoxy) is 1. The molecule has 3 aliphatic rings. The summed E-state index contributed by atoms with van der Waals surface area (Å²) in [4.78, 5) is 8.48. The number of aliphatic imine (C=N–C) groups is 1. The quantitative estimate of drug-likeness (QED) is 0.412. The van der Waals surface area contributed by atoms with E-state index in [0.717, 1.165) is 19.1 Å². The highest BCUT2D eigenvalue weighted by Crippen LogP contribution is 2.58. The van der Waals surface area contributed by atoms with Crippen molar-refractivity contribution in [1.82, 2.24) is 15.5 Å². The van der Waals surface area contributed by atoms with Crippen LogP contribution in [0.15, 0.2) is 21.0 Å². The lowest BCUT2D eigenvalue weighted by molar-refractivity contribution is -0.246. The van der Waals surface area contributed by atoms with E-state index < -0.39 is 53.9 Å². The van der Waals surface area contributed by atoms with E-state index in [0.29, 0.717) is 18.1 Å². The minimum absolute atomic E-state index is 0.00459. The van der Waals surface area contributed by atoms with Crippen LogP contribution in [0.3, 0.4) is 0 Å². The van der Waals surface area contributed by atoms with Crippen LogP contribution in [0.5, 0.6) is 0 Å². The average Bonchev–Trinajstić information content (AvgIpc) is 3.56. The molecule has 0 radical (unpaired) electrons. The predicted molar refractivity (Wildman–Crippen MR) is 117 cm³/mol. The molecule has 0 spiro atoms. The van der Waals surface area contributed by atoms with E-state index in [-0.39, 0.29) is 30.9 Å². The lowest BCUT2D eigenvalue weighted by Crippen LogP contribution is -2.72. The first-order valence-electron chi connectivity index (χ1n) is 11.9. The minimum Gasteiger partial charge on any atom is -0.507 e. The highest BCUT2D eigenvalue weighted by Gasteiger charge is 2.70. The van der Waals surface area contributed by atoms with Crippen molar-refractivity contribution in [3.63, 3.8) is 0 Å². The van der Waals surface area contributed by atoms with Gasteiger partial charge in [0.05, 0.1) is 17.8 Å². The van der Waals surface area contributed by atoms with E-state index in [1.165, 1.54) is 0 Å². The molecule has 2 heterocycles. The Kier molecular flexibility index (Phi) is 6.55. The summed E-state index contributed by atoms with van der Waals surface area (Å²) in [7, 11) is 0. The molecule has 12 heteroatoms. The number of aliphatic hydroxyl groups excluding tert-OH is 2. The highest BCUT2D eigenvalue weighted by atomic mass is 19.4. The monoisotopic (exact) mass is 504 g/mol.